The van der Waals surface area contributed by atoms with Crippen molar-refractivity contribution in [3.63, 3.8) is 0 Å². The lowest BCUT2D eigenvalue weighted by Gasteiger charge is -2.45. The summed E-state index contributed by atoms with van der Waals surface area (Å²) in [7, 11) is 1.95. The number of ether oxygens (including phenoxy) is 1. The highest BCUT2D eigenvalue weighted by Gasteiger charge is 2.49. The fourth-order valence-corrected chi connectivity index (χ4v) is 5.56. The summed E-state index contributed by atoms with van der Waals surface area (Å²) in [5.74, 6) is -0.237. The lowest BCUT2D eigenvalue weighted by molar-refractivity contribution is -0.0911. The molecule has 0 radical (unpaired) electrons. The Morgan fingerprint density at radius 1 is 1.17 bits per heavy atom. The van der Waals surface area contributed by atoms with Gasteiger partial charge in [0.15, 0.2) is 0 Å². The third-order valence-electron chi connectivity index (χ3n) is 7.73. The summed E-state index contributed by atoms with van der Waals surface area (Å²) in [4.78, 5) is 19.6. The number of carbonyl (C=O) groups excluding carboxylic acids is 1. The zero-order chi connectivity index (χ0) is 26.0. The molecule has 2 saturated heterocycles. The minimum Gasteiger partial charge on any atom is -0.378 e. The Kier molecular flexibility index (Phi) is 7.47. The Hall–Kier alpha value is -2.85. The molecular weight excluding hydrogens is 471 g/mol. The molecule has 36 heavy (non-hydrogen) atoms. The van der Waals surface area contributed by atoms with Gasteiger partial charge in [-0.3, -0.25) is 4.90 Å². The summed E-state index contributed by atoms with van der Waals surface area (Å²) in [5, 5.41) is 6.57. The second kappa shape index (κ2) is 10.3. The predicted octanol–water partition coefficient (Wildman–Crippen LogP) is 4.15. The molecule has 1 aliphatic carbocycles. The maximum absolute atomic E-state index is 14.1. The minimum absolute atomic E-state index is 0.190. The van der Waals surface area contributed by atoms with E-state index in [1.165, 1.54) is 22.3 Å². The quantitative estimate of drug-likeness (QED) is 0.450. The molecule has 2 N–H and O–H groups in total. The number of amides is 2. The highest BCUT2D eigenvalue weighted by atomic mass is 19.4. The van der Waals surface area contributed by atoms with Crippen LogP contribution in [0.1, 0.15) is 38.2 Å². The monoisotopic (exact) mass is 505 g/mol. The van der Waals surface area contributed by atoms with Crippen LogP contribution in [0.3, 0.4) is 0 Å². The molecule has 1 spiro atoms. The molecule has 2 aliphatic heterocycles. The topological polar surface area (TPSA) is 69.2 Å². The van der Waals surface area contributed by atoms with E-state index in [1.807, 2.05) is 25.2 Å². The first-order chi connectivity index (χ1) is 17.1. The number of hydrogen-bond donors (Lipinski definition) is 2. The molecule has 2 amide bonds. The van der Waals surface area contributed by atoms with E-state index in [1.54, 1.807) is 0 Å². The van der Waals surface area contributed by atoms with Gasteiger partial charge in [-0.1, -0.05) is 30.3 Å². The first-order valence-electron chi connectivity index (χ1n) is 12.3. The number of aliphatic imine (C=N–C) groups is 1. The number of allylic oxidation sites excluding steroid dienone is 3. The number of hydrogen-bond acceptors (Lipinski definition) is 5. The van der Waals surface area contributed by atoms with E-state index in [-0.39, 0.29) is 23.1 Å². The van der Waals surface area contributed by atoms with Crippen LogP contribution < -0.4 is 10.6 Å². The van der Waals surface area contributed by atoms with Crippen molar-refractivity contribution in [2.75, 3.05) is 39.9 Å². The summed E-state index contributed by atoms with van der Waals surface area (Å²) < 4.78 is 47.6. The molecule has 1 saturated carbocycles. The van der Waals surface area contributed by atoms with Crippen LogP contribution in [0.5, 0.6) is 0 Å². The number of rotatable bonds is 6. The minimum atomic E-state index is -4.66. The van der Waals surface area contributed by atoms with E-state index < -0.39 is 17.3 Å². The van der Waals surface area contributed by atoms with Crippen molar-refractivity contribution in [2.45, 2.75) is 49.9 Å². The van der Waals surface area contributed by atoms with Crippen LogP contribution in [0.2, 0.25) is 0 Å². The van der Waals surface area contributed by atoms with Gasteiger partial charge in [-0.05, 0) is 58.0 Å². The highest BCUT2D eigenvalue weighted by Crippen LogP contribution is 2.43. The van der Waals surface area contributed by atoms with Crippen LogP contribution in [0.15, 0.2) is 58.5 Å². The lowest BCUT2D eigenvalue weighted by atomic mass is 9.69. The zero-order valence-corrected chi connectivity index (χ0v) is 20.8. The number of carbonyl (C=O) groups is 1. The molecule has 1 aromatic rings. The van der Waals surface area contributed by atoms with Gasteiger partial charge in [-0.25, -0.2) is 9.79 Å². The standard InChI is InChI=1S/C26H34F3N5O2/c1-19(17-21(26(27,28)29)22(30-2)33-13-15-36-16-14-33)34-18-24(32-23(34)35)9-11-25(31-3,12-10-24)20-7-5-4-6-8-20/h4-8,17,31H,2,9-16,18H2,1,3H3,(H,32,35)/b19-17+,22-21-/t24-,25+. The fourth-order valence-electron chi connectivity index (χ4n) is 5.56. The molecule has 3 fully saturated rings. The van der Waals surface area contributed by atoms with E-state index in [0.29, 0.717) is 45.7 Å². The van der Waals surface area contributed by atoms with Gasteiger partial charge in [0.2, 0.25) is 0 Å². The van der Waals surface area contributed by atoms with Crippen LogP contribution in [0.25, 0.3) is 0 Å². The smallest absolute Gasteiger partial charge is 0.378 e. The maximum atomic E-state index is 14.1. The molecule has 10 heteroatoms. The van der Waals surface area contributed by atoms with Crippen molar-refractivity contribution in [1.82, 2.24) is 20.4 Å². The van der Waals surface area contributed by atoms with Crippen molar-refractivity contribution >= 4 is 12.7 Å². The molecule has 0 atom stereocenters. The summed E-state index contributed by atoms with van der Waals surface area (Å²) in [6.07, 6.45) is -0.597. The normalized spacial score (nSPS) is 28.2. The van der Waals surface area contributed by atoms with E-state index >= 15 is 0 Å². The van der Waals surface area contributed by atoms with E-state index in [0.717, 1.165) is 18.9 Å². The van der Waals surface area contributed by atoms with E-state index in [9.17, 15) is 18.0 Å². The summed E-state index contributed by atoms with van der Waals surface area (Å²) >= 11 is 0. The summed E-state index contributed by atoms with van der Waals surface area (Å²) in [5.41, 5.74) is -0.156. The molecule has 0 unspecified atom stereocenters. The number of urea groups is 1. The van der Waals surface area contributed by atoms with Crippen LogP contribution in [-0.4, -0.2) is 74.2 Å². The van der Waals surface area contributed by atoms with Gasteiger partial charge >= 0.3 is 12.2 Å². The van der Waals surface area contributed by atoms with E-state index in [2.05, 4.69) is 34.5 Å². The van der Waals surface area contributed by atoms with Crippen LogP contribution in [0, 0.1) is 0 Å². The number of alkyl halides is 3. The molecule has 2 heterocycles. The van der Waals surface area contributed by atoms with Crippen molar-refractivity contribution in [1.29, 1.82) is 0 Å². The van der Waals surface area contributed by atoms with E-state index in [4.69, 9.17) is 4.74 Å². The maximum Gasteiger partial charge on any atom is 0.420 e. The predicted molar refractivity (Wildman–Crippen MR) is 132 cm³/mol. The largest absolute Gasteiger partial charge is 0.420 e. The Bertz CT molecular complexity index is 1020. The zero-order valence-electron chi connectivity index (χ0n) is 20.8. The van der Waals surface area contributed by atoms with Crippen molar-refractivity contribution in [3.8, 4) is 0 Å². The first kappa shape index (κ1) is 26.2. The number of morpholine rings is 1. The molecule has 1 aromatic carbocycles. The number of benzene rings is 1. The molecule has 4 rings (SSSR count). The number of nitrogens with one attached hydrogen (secondary N) is 2. The Morgan fingerprint density at radius 3 is 2.36 bits per heavy atom. The second-order valence-corrected chi connectivity index (χ2v) is 9.77. The van der Waals surface area contributed by atoms with Gasteiger partial charge in [-0.2, -0.15) is 13.2 Å². The van der Waals surface area contributed by atoms with Gasteiger partial charge in [0.25, 0.3) is 0 Å². The molecule has 196 valence electrons. The third-order valence-corrected chi connectivity index (χ3v) is 7.73. The first-order valence-corrected chi connectivity index (χ1v) is 12.3. The Balaban J connectivity index is 1.56. The molecular formula is C26H34F3N5O2. The van der Waals surface area contributed by atoms with Crippen LogP contribution >= 0.6 is 0 Å². The van der Waals surface area contributed by atoms with Gasteiger partial charge < -0.3 is 20.3 Å². The van der Waals surface area contributed by atoms with Gasteiger partial charge in [-0.15, -0.1) is 0 Å². The average molecular weight is 506 g/mol. The lowest BCUT2D eigenvalue weighted by Crippen LogP contribution is -2.53. The summed E-state index contributed by atoms with van der Waals surface area (Å²) in [6.45, 7) is 6.48. The summed E-state index contributed by atoms with van der Waals surface area (Å²) in [6, 6.07) is 9.85. The average Bonchev–Trinajstić information content (AvgIpc) is 3.21. The van der Waals surface area contributed by atoms with Crippen LogP contribution in [0.4, 0.5) is 18.0 Å². The van der Waals surface area contributed by atoms with Gasteiger partial charge in [0, 0.05) is 24.3 Å². The van der Waals surface area contributed by atoms with Crippen molar-refractivity contribution in [3.05, 3.63) is 59.1 Å². The molecule has 0 bridgehead atoms. The van der Waals surface area contributed by atoms with Gasteiger partial charge in [0.1, 0.15) is 5.82 Å². The van der Waals surface area contributed by atoms with Crippen molar-refractivity contribution in [2.24, 2.45) is 4.99 Å². The number of nitrogens with zero attached hydrogens (tertiary/aromatic N) is 3. The fraction of sp³-hybridized carbons (Fsp3) is 0.538. The molecule has 0 aromatic heterocycles. The molecule has 7 nitrogen and oxygen atoms in total. The highest BCUT2D eigenvalue weighted by molar-refractivity contribution is 5.80. The Morgan fingerprint density at radius 2 is 1.81 bits per heavy atom. The van der Waals surface area contributed by atoms with Crippen molar-refractivity contribution < 1.29 is 22.7 Å². The Labute approximate surface area is 210 Å². The van der Waals surface area contributed by atoms with Crippen LogP contribution in [-0.2, 0) is 10.3 Å². The molecule has 3 aliphatic rings. The second-order valence-electron chi connectivity index (χ2n) is 9.77. The third kappa shape index (κ3) is 5.15. The number of halogens is 3. The SMILES string of the molecule is C=N/C(=C(\C=C(/C)N1C[C@]2(CC[C@@](NC)(c3ccccc3)CC2)NC1=O)C(F)(F)F)N1CCOCC1. The van der Waals surface area contributed by atoms with Gasteiger partial charge in [0.05, 0.1) is 30.9 Å².